The first-order valence-electron chi connectivity index (χ1n) is 5.85. The highest BCUT2D eigenvalue weighted by Gasteiger charge is 2.38. The molecule has 1 fully saturated rings. The third kappa shape index (κ3) is 2.49. The van der Waals surface area contributed by atoms with Gasteiger partial charge < -0.3 is 5.32 Å². The van der Waals surface area contributed by atoms with Crippen molar-refractivity contribution in [3.63, 3.8) is 0 Å². The van der Waals surface area contributed by atoms with Gasteiger partial charge in [-0.2, -0.15) is 4.31 Å². The predicted octanol–water partition coefficient (Wildman–Crippen LogP) is -0.841. The van der Waals surface area contributed by atoms with Gasteiger partial charge in [-0.15, -0.1) is 0 Å². The van der Waals surface area contributed by atoms with Crippen LogP contribution in [0.2, 0.25) is 0 Å². The Morgan fingerprint density at radius 3 is 2.80 bits per heavy atom. The number of hydrogen-bond acceptors (Lipinski definition) is 6. The highest BCUT2D eigenvalue weighted by Crippen LogP contribution is 2.21. The van der Waals surface area contributed by atoms with E-state index in [0.717, 1.165) is 4.31 Å². The summed E-state index contributed by atoms with van der Waals surface area (Å²) in [4.78, 5) is 26.8. The minimum atomic E-state index is -3.94. The molecule has 9 heteroatoms. The summed E-state index contributed by atoms with van der Waals surface area (Å²) in [5, 5.41) is 4.83. The van der Waals surface area contributed by atoms with Crippen molar-refractivity contribution in [1.82, 2.24) is 14.6 Å². The zero-order valence-electron chi connectivity index (χ0n) is 11.0. The van der Waals surface area contributed by atoms with Gasteiger partial charge in [0.2, 0.25) is 21.8 Å². The zero-order chi connectivity index (χ0) is 14.9. The van der Waals surface area contributed by atoms with Gasteiger partial charge in [-0.25, -0.2) is 13.4 Å². The zero-order valence-corrected chi connectivity index (χ0v) is 11.8. The number of anilines is 1. The number of rotatable bonds is 3. The lowest BCUT2D eigenvalue weighted by molar-refractivity contribution is -0.136. The van der Waals surface area contributed by atoms with E-state index in [4.69, 9.17) is 0 Å². The molecule has 1 unspecified atom stereocenters. The largest absolute Gasteiger partial charge is 0.373 e. The summed E-state index contributed by atoms with van der Waals surface area (Å²) in [7, 11) is -2.33. The van der Waals surface area contributed by atoms with Crippen LogP contribution >= 0.6 is 0 Å². The standard InChI is InChI=1S/C11H14N4O4S/c1-7-11(17)14-10(16)6-15(7)20(18,19)8-3-4-13-9(5-8)12-2/h3-5,7H,6H2,1-2H3,(H,12,13)(H,14,16,17). The molecule has 2 amide bonds. The van der Waals surface area contributed by atoms with Crippen molar-refractivity contribution in [3.8, 4) is 0 Å². The first-order chi connectivity index (χ1) is 9.36. The maximum absolute atomic E-state index is 12.5. The van der Waals surface area contributed by atoms with Gasteiger partial charge in [-0.1, -0.05) is 0 Å². The van der Waals surface area contributed by atoms with Crippen LogP contribution in [0.5, 0.6) is 0 Å². The van der Waals surface area contributed by atoms with Crippen LogP contribution in [0.1, 0.15) is 6.92 Å². The lowest BCUT2D eigenvalue weighted by atomic mass is 10.2. The van der Waals surface area contributed by atoms with Gasteiger partial charge in [0, 0.05) is 19.3 Å². The molecule has 8 nitrogen and oxygen atoms in total. The van der Waals surface area contributed by atoms with Crippen molar-refractivity contribution < 1.29 is 18.0 Å². The van der Waals surface area contributed by atoms with Crippen LogP contribution in [0.3, 0.4) is 0 Å². The van der Waals surface area contributed by atoms with E-state index in [1.807, 2.05) is 0 Å². The highest BCUT2D eigenvalue weighted by molar-refractivity contribution is 7.89. The average molecular weight is 298 g/mol. The molecule has 1 aliphatic heterocycles. The summed E-state index contributed by atoms with van der Waals surface area (Å²) >= 11 is 0. The van der Waals surface area contributed by atoms with E-state index in [1.165, 1.54) is 25.3 Å². The number of carbonyl (C=O) groups is 2. The van der Waals surface area contributed by atoms with Gasteiger partial charge in [-0.3, -0.25) is 14.9 Å². The number of hydrogen-bond donors (Lipinski definition) is 2. The van der Waals surface area contributed by atoms with E-state index < -0.39 is 27.9 Å². The molecule has 1 aromatic rings. The third-order valence-corrected chi connectivity index (χ3v) is 4.88. The summed E-state index contributed by atoms with van der Waals surface area (Å²) in [6.07, 6.45) is 1.34. The topological polar surface area (TPSA) is 108 Å². The smallest absolute Gasteiger partial charge is 0.244 e. The van der Waals surface area contributed by atoms with Crippen LogP contribution < -0.4 is 10.6 Å². The van der Waals surface area contributed by atoms with Gasteiger partial charge in [0.05, 0.1) is 11.4 Å². The fraction of sp³-hybridized carbons (Fsp3) is 0.364. The van der Waals surface area contributed by atoms with Crippen LogP contribution in [-0.2, 0) is 19.6 Å². The van der Waals surface area contributed by atoms with Gasteiger partial charge in [0.25, 0.3) is 0 Å². The van der Waals surface area contributed by atoms with E-state index in [-0.39, 0.29) is 11.4 Å². The molecule has 0 aromatic carbocycles. The van der Waals surface area contributed by atoms with E-state index in [2.05, 4.69) is 15.6 Å². The minimum absolute atomic E-state index is 0.0220. The first-order valence-corrected chi connectivity index (χ1v) is 7.29. The molecule has 2 heterocycles. The summed E-state index contributed by atoms with van der Waals surface area (Å²) in [6.45, 7) is 1.05. The Morgan fingerprint density at radius 1 is 1.45 bits per heavy atom. The Balaban J connectivity index is 2.43. The monoisotopic (exact) mass is 298 g/mol. The van der Waals surface area contributed by atoms with Crippen molar-refractivity contribution in [3.05, 3.63) is 18.3 Å². The molecule has 1 aliphatic rings. The third-order valence-electron chi connectivity index (χ3n) is 2.97. The molecule has 1 atom stereocenters. The van der Waals surface area contributed by atoms with Crippen molar-refractivity contribution >= 4 is 27.7 Å². The molecule has 1 aromatic heterocycles. The molecule has 2 rings (SSSR count). The second-order valence-electron chi connectivity index (χ2n) is 4.27. The predicted molar refractivity (Wildman–Crippen MR) is 70.3 cm³/mol. The van der Waals surface area contributed by atoms with Crippen LogP contribution in [0.15, 0.2) is 23.2 Å². The first kappa shape index (κ1) is 14.4. The summed E-state index contributed by atoms with van der Waals surface area (Å²) in [5.74, 6) is -0.890. The lowest BCUT2D eigenvalue weighted by Crippen LogP contribution is -2.58. The number of imide groups is 1. The molecule has 20 heavy (non-hydrogen) atoms. The molecule has 0 saturated carbocycles. The summed E-state index contributed by atoms with van der Waals surface area (Å²) in [6, 6.07) is 1.72. The van der Waals surface area contributed by atoms with Crippen LogP contribution in [0.4, 0.5) is 5.82 Å². The minimum Gasteiger partial charge on any atom is -0.373 e. The summed E-state index contributed by atoms with van der Waals surface area (Å²) < 4.78 is 25.9. The van der Waals surface area contributed by atoms with Crippen molar-refractivity contribution in [2.24, 2.45) is 0 Å². The molecule has 108 valence electrons. The number of nitrogens with one attached hydrogen (secondary N) is 2. The van der Waals surface area contributed by atoms with Gasteiger partial charge in [0.1, 0.15) is 11.9 Å². The van der Waals surface area contributed by atoms with Crippen LogP contribution in [0, 0.1) is 0 Å². The molecule has 0 spiro atoms. The maximum atomic E-state index is 12.5. The molecule has 0 aliphatic carbocycles. The number of aromatic nitrogens is 1. The number of sulfonamides is 1. The van der Waals surface area contributed by atoms with E-state index in [9.17, 15) is 18.0 Å². The Hall–Kier alpha value is -2.00. The molecular weight excluding hydrogens is 284 g/mol. The fourth-order valence-electron chi connectivity index (χ4n) is 1.83. The Labute approximate surface area is 116 Å². The Kier molecular flexibility index (Phi) is 3.73. The van der Waals surface area contributed by atoms with E-state index in [1.54, 1.807) is 7.05 Å². The maximum Gasteiger partial charge on any atom is 0.244 e. The second-order valence-corrected chi connectivity index (χ2v) is 6.16. The van der Waals surface area contributed by atoms with Crippen molar-refractivity contribution in [1.29, 1.82) is 0 Å². The molecular formula is C11H14N4O4S. The number of nitrogens with zero attached hydrogens (tertiary/aromatic N) is 2. The van der Waals surface area contributed by atoms with Crippen molar-refractivity contribution in [2.75, 3.05) is 18.9 Å². The SMILES string of the molecule is CNc1cc(S(=O)(=O)N2CC(=O)NC(=O)C2C)ccn1. The number of carbonyl (C=O) groups excluding carboxylic acids is 2. The van der Waals surface area contributed by atoms with E-state index >= 15 is 0 Å². The lowest BCUT2D eigenvalue weighted by Gasteiger charge is -2.30. The van der Waals surface area contributed by atoms with Crippen molar-refractivity contribution in [2.45, 2.75) is 17.9 Å². The van der Waals surface area contributed by atoms with Gasteiger partial charge in [0.15, 0.2) is 0 Å². The van der Waals surface area contributed by atoms with E-state index in [0.29, 0.717) is 5.82 Å². The summed E-state index contributed by atoms with van der Waals surface area (Å²) in [5.41, 5.74) is 0. The molecule has 2 N–H and O–H groups in total. The molecule has 0 bridgehead atoms. The quantitative estimate of drug-likeness (QED) is 0.704. The number of pyridine rings is 1. The number of amides is 2. The normalized spacial score (nSPS) is 20.6. The molecule has 1 saturated heterocycles. The Bertz CT molecular complexity index is 658. The Morgan fingerprint density at radius 2 is 2.15 bits per heavy atom. The van der Waals surface area contributed by atoms with Crippen LogP contribution in [0.25, 0.3) is 0 Å². The second kappa shape index (κ2) is 5.17. The number of piperazine rings is 1. The van der Waals surface area contributed by atoms with Gasteiger partial charge in [-0.05, 0) is 13.0 Å². The van der Waals surface area contributed by atoms with Crippen LogP contribution in [-0.4, -0.2) is 49.2 Å². The highest BCUT2D eigenvalue weighted by atomic mass is 32.2. The average Bonchev–Trinajstić information content (AvgIpc) is 2.42. The fourth-order valence-corrected chi connectivity index (χ4v) is 3.39. The molecule has 0 radical (unpaired) electrons. The van der Waals surface area contributed by atoms with Gasteiger partial charge >= 0.3 is 0 Å².